The lowest BCUT2D eigenvalue weighted by Gasteiger charge is -1.97. The lowest BCUT2D eigenvalue weighted by molar-refractivity contribution is 0.0697. The van der Waals surface area contributed by atoms with Gasteiger partial charge in [0.1, 0.15) is 0 Å². The van der Waals surface area contributed by atoms with E-state index in [1.165, 1.54) is 11.3 Å². The molecule has 0 spiro atoms. The molecule has 0 saturated heterocycles. The summed E-state index contributed by atoms with van der Waals surface area (Å²) < 4.78 is 0.819. The van der Waals surface area contributed by atoms with Crippen LogP contribution >= 0.6 is 11.3 Å². The maximum atomic E-state index is 10.8. The average molecular weight is 208 g/mol. The van der Waals surface area contributed by atoms with Gasteiger partial charge in [0.05, 0.1) is 15.8 Å². The second-order valence-electron chi connectivity index (χ2n) is 3.00. The normalized spacial score (nSPS) is 10.6. The molecule has 1 heterocycles. The fourth-order valence-corrected chi connectivity index (χ4v) is 2.19. The van der Waals surface area contributed by atoms with Crippen LogP contribution in [0.4, 0.5) is 5.13 Å². The van der Waals surface area contributed by atoms with Gasteiger partial charge < -0.3 is 10.8 Å². The Hall–Kier alpha value is -1.62. The van der Waals surface area contributed by atoms with E-state index in [1.807, 2.05) is 6.92 Å². The highest BCUT2D eigenvalue weighted by atomic mass is 32.1. The molecule has 14 heavy (non-hydrogen) atoms. The van der Waals surface area contributed by atoms with Crippen molar-refractivity contribution in [2.75, 3.05) is 5.73 Å². The van der Waals surface area contributed by atoms with Crippen LogP contribution < -0.4 is 5.73 Å². The summed E-state index contributed by atoms with van der Waals surface area (Å²) in [7, 11) is 0. The van der Waals surface area contributed by atoms with Gasteiger partial charge in [0, 0.05) is 0 Å². The van der Waals surface area contributed by atoms with E-state index in [1.54, 1.807) is 12.1 Å². The Kier molecular flexibility index (Phi) is 1.89. The highest BCUT2D eigenvalue weighted by Crippen LogP contribution is 2.27. The second-order valence-corrected chi connectivity index (χ2v) is 4.06. The molecule has 0 amide bonds. The van der Waals surface area contributed by atoms with Crippen LogP contribution in [0.25, 0.3) is 10.2 Å². The summed E-state index contributed by atoms with van der Waals surface area (Å²) in [6, 6.07) is 3.20. The van der Waals surface area contributed by atoms with Crippen molar-refractivity contribution in [2.45, 2.75) is 6.92 Å². The van der Waals surface area contributed by atoms with Crippen LogP contribution in [0.5, 0.6) is 0 Å². The molecule has 4 nitrogen and oxygen atoms in total. The first kappa shape index (κ1) is 8.96. The van der Waals surface area contributed by atoms with E-state index in [2.05, 4.69) is 4.98 Å². The summed E-state index contributed by atoms with van der Waals surface area (Å²) in [5.41, 5.74) is 7.45. The van der Waals surface area contributed by atoms with E-state index in [-0.39, 0.29) is 5.56 Å². The Morgan fingerprint density at radius 2 is 2.29 bits per heavy atom. The van der Waals surface area contributed by atoms with Crippen molar-refractivity contribution in [3.05, 3.63) is 23.3 Å². The molecule has 5 heteroatoms. The molecule has 0 unspecified atom stereocenters. The number of carbonyl (C=O) groups is 1. The number of hydrogen-bond acceptors (Lipinski definition) is 4. The summed E-state index contributed by atoms with van der Waals surface area (Å²) in [5, 5.41) is 9.29. The standard InChI is InChI=1S/C9H8N2O2S/c1-4-2-5(8(12)13)3-6-7(4)11-9(10)14-6/h2-3H,1H3,(H2,10,11)(H,12,13). The number of aromatic carboxylic acids is 1. The number of nitrogen functional groups attached to an aromatic ring is 1. The first-order valence-corrected chi connectivity index (χ1v) is 4.79. The molecule has 0 atom stereocenters. The number of carboxylic acid groups (broad SMARTS) is 1. The third-order valence-corrected chi connectivity index (χ3v) is 2.78. The summed E-state index contributed by atoms with van der Waals surface area (Å²) in [4.78, 5) is 14.9. The van der Waals surface area contributed by atoms with Gasteiger partial charge in [0.15, 0.2) is 5.13 Å². The van der Waals surface area contributed by atoms with E-state index in [9.17, 15) is 4.79 Å². The van der Waals surface area contributed by atoms with E-state index >= 15 is 0 Å². The Bertz CT molecular complexity index is 519. The molecule has 0 aliphatic rings. The molecule has 0 bridgehead atoms. The van der Waals surface area contributed by atoms with Crippen molar-refractivity contribution in [3.63, 3.8) is 0 Å². The highest BCUT2D eigenvalue weighted by Gasteiger charge is 2.09. The number of nitrogens with zero attached hydrogens (tertiary/aromatic N) is 1. The van der Waals surface area contributed by atoms with Crippen molar-refractivity contribution < 1.29 is 9.90 Å². The monoisotopic (exact) mass is 208 g/mol. The average Bonchev–Trinajstić information content (AvgIpc) is 2.45. The zero-order valence-corrected chi connectivity index (χ0v) is 8.26. The fraction of sp³-hybridized carbons (Fsp3) is 0.111. The molecule has 0 saturated carbocycles. The van der Waals surface area contributed by atoms with Crippen molar-refractivity contribution in [2.24, 2.45) is 0 Å². The fourth-order valence-electron chi connectivity index (χ4n) is 1.34. The number of hydrogen-bond donors (Lipinski definition) is 2. The molecule has 2 rings (SSSR count). The molecule has 1 aromatic heterocycles. The minimum atomic E-state index is -0.929. The number of nitrogens with two attached hydrogens (primary N) is 1. The molecule has 3 N–H and O–H groups in total. The van der Waals surface area contributed by atoms with Crippen molar-refractivity contribution in [1.82, 2.24) is 4.98 Å². The van der Waals surface area contributed by atoms with Crippen LogP contribution in [0.3, 0.4) is 0 Å². The Morgan fingerprint density at radius 3 is 2.93 bits per heavy atom. The van der Waals surface area contributed by atoms with E-state index < -0.39 is 5.97 Å². The summed E-state index contributed by atoms with van der Waals surface area (Å²) in [6.45, 7) is 1.83. The largest absolute Gasteiger partial charge is 0.478 e. The van der Waals surface area contributed by atoms with Crippen LogP contribution in [0.15, 0.2) is 12.1 Å². The zero-order chi connectivity index (χ0) is 10.3. The lowest BCUT2D eigenvalue weighted by Crippen LogP contribution is -1.96. The van der Waals surface area contributed by atoms with Crippen molar-refractivity contribution in [1.29, 1.82) is 0 Å². The van der Waals surface area contributed by atoms with E-state index in [4.69, 9.17) is 10.8 Å². The van der Waals surface area contributed by atoms with Gasteiger partial charge in [-0.25, -0.2) is 9.78 Å². The van der Waals surface area contributed by atoms with Crippen molar-refractivity contribution >= 4 is 32.7 Å². The molecular weight excluding hydrogens is 200 g/mol. The Balaban J connectivity index is 2.77. The molecule has 0 aliphatic heterocycles. The predicted octanol–water partition coefficient (Wildman–Crippen LogP) is 1.89. The number of carboxylic acids is 1. The van der Waals surface area contributed by atoms with E-state index in [0.717, 1.165) is 15.8 Å². The molecule has 2 aromatic rings. The minimum absolute atomic E-state index is 0.277. The minimum Gasteiger partial charge on any atom is -0.478 e. The molecule has 0 radical (unpaired) electrons. The van der Waals surface area contributed by atoms with E-state index in [0.29, 0.717) is 5.13 Å². The van der Waals surface area contributed by atoms with Gasteiger partial charge in [-0.1, -0.05) is 11.3 Å². The van der Waals surface area contributed by atoms with Crippen LogP contribution in [-0.2, 0) is 0 Å². The topological polar surface area (TPSA) is 76.2 Å². The van der Waals surface area contributed by atoms with Crippen LogP contribution in [0.1, 0.15) is 15.9 Å². The first-order valence-electron chi connectivity index (χ1n) is 3.98. The van der Waals surface area contributed by atoms with Gasteiger partial charge in [-0.3, -0.25) is 0 Å². The Morgan fingerprint density at radius 1 is 1.57 bits per heavy atom. The van der Waals surface area contributed by atoms with Crippen LogP contribution in [-0.4, -0.2) is 16.1 Å². The molecule has 0 fully saturated rings. The molecule has 72 valence electrons. The zero-order valence-electron chi connectivity index (χ0n) is 7.44. The number of rotatable bonds is 1. The third kappa shape index (κ3) is 1.31. The number of aromatic nitrogens is 1. The molecule has 0 aliphatic carbocycles. The van der Waals surface area contributed by atoms with Gasteiger partial charge in [0.25, 0.3) is 0 Å². The van der Waals surface area contributed by atoms with Gasteiger partial charge in [-0.2, -0.15) is 0 Å². The Labute approximate surface area is 84.0 Å². The highest BCUT2D eigenvalue weighted by molar-refractivity contribution is 7.22. The third-order valence-electron chi connectivity index (χ3n) is 1.95. The second kappa shape index (κ2) is 2.95. The molecule has 1 aromatic carbocycles. The number of anilines is 1. The van der Waals surface area contributed by atoms with Gasteiger partial charge in [-0.15, -0.1) is 0 Å². The quantitative estimate of drug-likeness (QED) is 0.750. The maximum absolute atomic E-state index is 10.8. The molecular formula is C9H8N2O2S. The SMILES string of the molecule is Cc1cc(C(=O)O)cc2sc(N)nc12. The number of benzene rings is 1. The van der Waals surface area contributed by atoms with Gasteiger partial charge >= 0.3 is 5.97 Å². The summed E-state index contributed by atoms with van der Waals surface area (Å²) in [6.07, 6.45) is 0. The predicted molar refractivity (Wildman–Crippen MR) is 55.7 cm³/mol. The summed E-state index contributed by atoms with van der Waals surface area (Å²) in [5.74, 6) is -0.929. The lowest BCUT2D eigenvalue weighted by atomic mass is 10.1. The van der Waals surface area contributed by atoms with Crippen LogP contribution in [0.2, 0.25) is 0 Å². The van der Waals surface area contributed by atoms with Gasteiger partial charge in [0.2, 0.25) is 0 Å². The smallest absolute Gasteiger partial charge is 0.335 e. The van der Waals surface area contributed by atoms with Gasteiger partial charge in [-0.05, 0) is 24.6 Å². The number of aryl methyl sites for hydroxylation is 1. The van der Waals surface area contributed by atoms with Crippen LogP contribution in [0, 0.1) is 6.92 Å². The first-order chi connectivity index (χ1) is 6.58. The van der Waals surface area contributed by atoms with Crippen molar-refractivity contribution in [3.8, 4) is 0 Å². The maximum Gasteiger partial charge on any atom is 0.335 e. The number of fused-ring (bicyclic) bond motifs is 1. The number of thiazole rings is 1. The summed E-state index contributed by atoms with van der Waals surface area (Å²) >= 11 is 1.30.